The molecule has 0 aliphatic rings. The SMILES string of the molecule is BrC=C(Br)c1ccc(Br)cc1. The molecule has 11 heavy (non-hydrogen) atoms. The van der Waals surface area contributed by atoms with Gasteiger partial charge in [-0.05, 0) is 38.6 Å². The molecule has 1 aromatic rings. The third-order valence-corrected chi connectivity index (χ3v) is 3.50. The molecule has 0 saturated carbocycles. The minimum absolute atomic E-state index is 1.05. The molecule has 0 aromatic heterocycles. The summed E-state index contributed by atoms with van der Waals surface area (Å²) in [5, 5.41) is 0. The first-order chi connectivity index (χ1) is 5.24. The van der Waals surface area contributed by atoms with Gasteiger partial charge in [-0.2, -0.15) is 0 Å². The zero-order valence-electron chi connectivity index (χ0n) is 5.52. The number of hydrogen-bond donors (Lipinski definition) is 0. The van der Waals surface area contributed by atoms with E-state index in [9.17, 15) is 0 Å². The Hall–Kier alpha value is 0.400. The molecule has 0 atom stereocenters. The lowest BCUT2D eigenvalue weighted by molar-refractivity contribution is 1.61. The Morgan fingerprint density at radius 3 is 2.18 bits per heavy atom. The molecule has 0 unspecified atom stereocenters. The van der Waals surface area contributed by atoms with E-state index in [0.717, 1.165) is 14.5 Å². The number of halogens is 3. The second kappa shape index (κ2) is 4.43. The average molecular weight is 341 g/mol. The Kier molecular flexibility index (Phi) is 3.82. The Balaban J connectivity index is 2.99. The first-order valence-electron chi connectivity index (χ1n) is 2.96. The summed E-state index contributed by atoms with van der Waals surface area (Å²) < 4.78 is 2.14. The van der Waals surface area contributed by atoms with Gasteiger partial charge in [0, 0.05) is 8.96 Å². The van der Waals surface area contributed by atoms with Crippen molar-refractivity contribution in [3.63, 3.8) is 0 Å². The fourth-order valence-corrected chi connectivity index (χ4v) is 1.47. The fourth-order valence-electron chi connectivity index (χ4n) is 0.672. The summed E-state index contributed by atoms with van der Waals surface area (Å²) in [7, 11) is 0. The average Bonchev–Trinajstić information content (AvgIpc) is 2.05. The molecule has 0 bridgehead atoms. The van der Waals surface area contributed by atoms with Gasteiger partial charge in [-0.25, -0.2) is 0 Å². The fraction of sp³-hybridized carbons (Fsp3) is 0. The molecule has 0 aliphatic carbocycles. The summed E-state index contributed by atoms with van der Waals surface area (Å²) in [5.41, 5.74) is 1.16. The van der Waals surface area contributed by atoms with Crippen molar-refractivity contribution in [2.75, 3.05) is 0 Å². The molecule has 0 spiro atoms. The van der Waals surface area contributed by atoms with Crippen LogP contribution in [0, 0.1) is 0 Å². The Bertz CT molecular complexity index is 261. The first kappa shape index (κ1) is 9.49. The van der Waals surface area contributed by atoms with E-state index in [-0.39, 0.29) is 0 Å². The highest BCUT2D eigenvalue weighted by Crippen LogP contribution is 2.23. The lowest BCUT2D eigenvalue weighted by Crippen LogP contribution is -1.73. The molecule has 0 heterocycles. The molecule has 1 rings (SSSR count). The van der Waals surface area contributed by atoms with Crippen LogP contribution in [-0.4, -0.2) is 0 Å². The first-order valence-corrected chi connectivity index (χ1v) is 5.46. The smallest absolute Gasteiger partial charge is 0.0316 e. The summed E-state index contributed by atoms with van der Waals surface area (Å²) in [4.78, 5) is 1.84. The summed E-state index contributed by atoms with van der Waals surface area (Å²) >= 11 is 10.0. The lowest BCUT2D eigenvalue weighted by atomic mass is 10.2. The largest absolute Gasteiger partial charge is 0.0582 e. The maximum absolute atomic E-state index is 3.41. The van der Waals surface area contributed by atoms with Crippen molar-refractivity contribution in [1.29, 1.82) is 0 Å². The predicted octanol–water partition coefficient (Wildman–Crippen LogP) is 4.54. The van der Waals surface area contributed by atoms with E-state index < -0.39 is 0 Å². The molecule has 0 fully saturated rings. The van der Waals surface area contributed by atoms with Crippen LogP contribution >= 0.6 is 47.8 Å². The van der Waals surface area contributed by atoms with Crippen molar-refractivity contribution in [1.82, 2.24) is 0 Å². The summed E-state index contributed by atoms with van der Waals surface area (Å²) in [6.07, 6.45) is 0. The van der Waals surface area contributed by atoms with Gasteiger partial charge in [-0.3, -0.25) is 0 Å². The van der Waals surface area contributed by atoms with Gasteiger partial charge in [0.25, 0.3) is 0 Å². The molecule has 0 nitrogen and oxygen atoms in total. The van der Waals surface area contributed by atoms with E-state index in [0.29, 0.717) is 0 Å². The van der Waals surface area contributed by atoms with Crippen molar-refractivity contribution in [2.45, 2.75) is 0 Å². The molecule has 58 valence electrons. The van der Waals surface area contributed by atoms with E-state index in [2.05, 4.69) is 47.8 Å². The standard InChI is InChI=1S/C8H5Br3/c9-5-8(11)6-1-3-7(10)4-2-6/h1-5H. The maximum atomic E-state index is 3.41. The third kappa shape index (κ3) is 2.73. The Morgan fingerprint density at radius 1 is 1.18 bits per heavy atom. The quantitative estimate of drug-likeness (QED) is 0.704. The maximum Gasteiger partial charge on any atom is 0.0316 e. The van der Waals surface area contributed by atoms with Gasteiger partial charge >= 0.3 is 0 Å². The van der Waals surface area contributed by atoms with E-state index in [1.54, 1.807) is 0 Å². The van der Waals surface area contributed by atoms with Crippen LogP contribution in [0.15, 0.2) is 33.7 Å². The van der Waals surface area contributed by atoms with Crippen molar-refractivity contribution in [3.8, 4) is 0 Å². The summed E-state index contributed by atoms with van der Waals surface area (Å²) in [6.45, 7) is 0. The normalized spacial score (nSPS) is 11.7. The zero-order chi connectivity index (χ0) is 8.27. The molecular formula is C8H5Br3. The lowest BCUT2D eigenvalue weighted by Gasteiger charge is -1.96. The van der Waals surface area contributed by atoms with Crippen LogP contribution in [0.3, 0.4) is 0 Å². The second-order valence-electron chi connectivity index (χ2n) is 1.96. The van der Waals surface area contributed by atoms with E-state index >= 15 is 0 Å². The number of rotatable bonds is 1. The minimum atomic E-state index is 1.05. The van der Waals surface area contributed by atoms with Gasteiger partial charge in [0.05, 0.1) is 0 Å². The molecule has 1 aromatic carbocycles. The van der Waals surface area contributed by atoms with Crippen LogP contribution < -0.4 is 0 Å². The number of hydrogen-bond acceptors (Lipinski definition) is 0. The van der Waals surface area contributed by atoms with Crippen molar-refractivity contribution in [2.24, 2.45) is 0 Å². The van der Waals surface area contributed by atoms with Gasteiger partial charge in [-0.15, -0.1) is 0 Å². The van der Waals surface area contributed by atoms with E-state index in [4.69, 9.17) is 0 Å². The molecule has 0 amide bonds. The molecule has 3 heteroatoms. The highest BCUT2D eigenvalue weighted by molar-refractivity contribution is 9.16. The summed E-state index contributed by atoms with van der Waals surface area (Å²) in [6, 6.07) is 8.08. The van der Waals surface area contributed by atoms with Gasteiger partial charge in [0.2, 0.25) is 0 Å². The highest BCUT2D eigenvalue weighted by Gasteiger charge is 1.94. The molecule has 0 N–H and O–H groups in total. The monoisotopic (exact) mass is 338 g/mol. The second-order valence-corrected chi connectivity index (χ2v) is 4.19. The molecule has 0 aliphatic heterocycles. The Morgan fingerprint density at radius 2 is 1.73 bits per heavy atom. The van der Waals surface area contributed by atoms with E-state index in [1.165, 1.54) is 0 Å². The zero-order valence-corrected chi connectivity index (χ0v) is 10.3. The third-order valence-electron chi connectivity index (χ3n) is 1.22. The van der Waals surface area contributed by atoms with Gasteiger partial charge < -0.3 is 0 Å². The number of benzene rings is 1. The van der Waals surface area contributed by atoms with Crippen LogP contribution in [-0.2, 0) is 0 Å². The molecule has 0 radical (unpaired) electrons. The van der Waals surface area contributed by atoms with Crippen molar-refractivity contribution >= 4 is 52.3 Å². The van der Waals surface area contributed by atoms with Gasteiger partial charge in [0.15, 0.2) is 0 Å². The van der Waals surface area contributed by atoms with Crippen LogP contribution in [0.1, 0.15) is 5.56 Å². The summed E-state index contributed by atoms with van der Waals surface area (Å²) in [5.74, 6) is 0. The van der Waals surface area contributed by atoms with Crippen LogP contribution in [0.5, 0.6) is 0 Å². The minimum Gasteiger partial charge on any atom is -0.0582 e. The van der Waals surface area contributed by atoms with Crippen molar-refractivity contribution in [3.05, 3.63) is 39.3 Å². The predicted molar refractivity (Wildman–Crippen MR) is 60.0 cm³/mol. The van der Waals surface area contributed by atoms with Crippen LogP contribution in [0.25, 0.3) is 4.48 Å². The molecular weight excluding hydrogens is 336 g/mol. The molecule has 0 saturated heterocycles. The van der Waals surface area contributed by atoms with Crippen LogP contribution in [0.2, 0.25) is 0 Å². The van der Waals surface area contributed by atoms with Gasteiger partial charge in [-0.1, -0.05) is 44.0 Å². The van der Waals surface area contributed by atoms with Gasteiger partial charge in [0.1, 0.15) is 0 Å². The topological polar surface area (TPSA) is 0 Å². The Labute approximate surface area is 91.1 Å². The highest BCUT2D eigenvalue weighted by atomic mass is 79.9. The van der Waals surface area contributed by atoms with Crippen molar-refractivity contribution < 1.29 is 0 Å². The van der Waals surface area contributed by atoms with Crippen LogP contribution in [0.4, 0.5) is 0 Å². The van der Waals surface area contributed by atoms with E-state index in [1.807, 2.05) is 29.3 Å².